The topological polar surface area (TPSA) is 40.5 Å². The Balaban J connectivity index is 1.94. The Morgan fingerprint density at radius 3 is 2.35 bits per heavy atom. The number of benzene rings is 1. The number of aromatic nitrogens is 1. The van der Waals surface area contributed by atoms with Crippen LogP contribution in [-0.4, -0.2) is 25.3 Å². The van der Waals surface area contributed by atoms with E-state index in [0.29, 0.717) is 17.9 Å². The van der Waals surface area contributed by atoms with E-state index in [4.69, 9.17) is 9.16 Å². The number of pyridine rings is 1. The quantitative estimate of drug-likeness (QED) is 0.445. The first-order valence-corrected chi connectivity index (χ1v) is 14.4. The molecule has 0 amide bonds. The Hall–Kier alpha value is -2.32. The molecule has 0 radical (unpaired) electrons. The molecule has 1 aromatic heterocycles. The van der Waals surface area contributed by atoms with Gasteiger partial charge in [-0.2, -0.15) is 13.2 Å². The summed E-state index contributed by atoms with van der Waals surface area (Å²) in [6, 6.07) is 6.76. The highest BCUT2D eigenvalue weighted by molar-refractivity contribution is 6.48. The largest absolute Gasteiger partial charge is 0.483 e. The molecule has 1 aliphatic heterocycles. The van der Waals surface area contributed by atoms with Gasteiger partial charge in [0.1, 0.15) is 11.4 Å². The third-order valence-corrected chi connectivity index (χ3v) is 6.65. The van der Waals surface area contributed by atoms with Gasteiger partial charge in [0.2, 0.25) is 0 Å². The Kier molecular flexibility index (Phi) is 7.25. The molecule has 2 aromatic rings. The lowest BCUT2D eigenvalue weighted by Crippen LogP contribution is -2.34. The van der Waals surface area contributed by atoms with E-state index in [1.807, 2.05) is 6.07 Å². The molecular formula is C26H34F3NO3Si. The molecule has 1 aromatic carbocycles. The van der Waals surface area contributed by atoms with Crippen LogP contribution in [0.3, 0.4) is 0 Å². The molecule has 1 aliphatic rings. The number of fused-ring (bicyclic) bond motifs is 1. The summed E-state index contributed by atoms with van der Waals surface area (Å²) in [7, 11) is -1.22. The standard InChI is InChI=1S/C26H34F3NO3Si/c1-24(2,3)22(33-34(6)7)11-8-17-12-13-30(23(31)14-17)20-16-25(4,5)32-21-10-9-18(15-19(20)21)26(27,28)29/h9-10,12-16,22,34H,8,11H2,1-7H3. The summed E-state index contributed by atoms with van der Waals surface area (Å²) in [4.78, 5) is 13.1. The smallest absolute Gasteiger partial charge is 0.416 e. The Bertz CT molecular complexity index is 1130. The van der Waals surface area contributed by atoms with Gasteiger partial charge in [-0.1, -0.05) is 20.8 Å². The zero-order valence-electron chi connectivity index (χ0n) is 20.9. The molecule has 0 spiro atoms. The van der Waals surface area contributed by atoms with Crippen LogP contribution in [0.2, 0.25) is 13.1 Å². The van der Waals surface area contributed by atoms with E-state index in [1.165, 1.54) is 10.6 Å². The zero-order chi connectivity index (χ0) is 25.5. The van der Waals surface area contributed by atoms with Crippen molar-refractivity contribution in [3.8, 4) is 5.75 Å². The number of ether oxygens (including phenoxy) is 1. The SMILES string of the molecule is C[SiH](C)OC(CCc1ccn(C2=CC(C)(C)Oc3ccc(C(F)(F)F)cc32)c(=O)c1)C(C)(C)C. The van der Waals surface area contributed by atoms with Gasteiger partial charge >= 0.3 is 6.18 Å². The number of aryl methyl sites for hydroxylation is 1. The van der Waals surface area contributed by atoms with Crippen molar-refractivity contribution in [1.29, 1.82) is 0 Å². The first-order chi connectivity index (χ1) is 15.6. The van der Waals surface area contributed by atoms with Gasteiger partial charge in [-0.3, -0.25) is 9.36 Å². The predicted molar refractivity (Wildman–Crippen MR) is 132 cm³/mol. The van der Waals surface area contributed by atoms with Gasteiger partial charge in [-0.25, -0.2) is 0 Å². The highest BCUT2D eigenvalue weighted by atomic mass is 28.3. The van der Waals surface area contributed by atoms with E-state index in [9.17, 15) is 18.0 Å². The van der Waals surface area contributed by atoms with Gasteiger partial charge in [0.05, 0.1) is 11.3 Å². The zero-order valence-corrected chi connectivity index (χ0v) is 22.1. The molecule has 4 nitrogen and oxygen atoms in total. The molecule has 0 bridgehead atoms. The maximum Gasteiger partial charge on any atom is 0.416 e. The van der Waals surface area contributed by atoms with Crippen molar-refractivity contribution < 1.29 is 22.3 Å². The van der Waals surface area contributed by atoms with Crippen LogP contribution in [0.5, 0.6) is 5.75 Å². The first kappa shape index (κ1) is 26.3. The average Bonchev–Trinajstić information content (AvgIpc) is 2.68. The molecule has 0 saturated carbocycles. The van der Waals surface area contributed by atoms with Gasteiger partial charge in [0, 0.05) is 23.9 Å². The van der Waals surface area contributed by atoms with Crippen LogP contribution in [0.15, 0.2) is 47.4 Å². The van der Waals surface area contributed by atoms with Crippen LogP contribution in [0, 0.1) is 5.41 Å². The molecule has 34 heavy (non-hydrogen) atoms. The summed E-state index contributed by atoms with van der Waals surface area (Å²) in [6.45, 7) is 14.3. The lowest BCUT2D eigenvalue weighted by Gasteiger charge is -2.33. The fourth-order valence-corrected chi connectivity index (χ4v) is 5.32. The molecule has 0 fully saturated rings. The molecule has 2 heterocycles. The molecule has 0 saturated heterocycles. The minimum Gasteiger partial charge on any atom is -0.483 e. The lowest BCUT2D eigenvalue weighted by molar-refractivity contribution is -0.137. The number of alkyl halides is 3. The van der Waals surface area contributed by atoms with Gasteiger partial charge in [-0.15, -0.1) is 0 Å². The average molecular weight is 494 g/mol. The van der Waals surface area contributed by atoms with E-state index in [0.717, 1.165) is 24.1 Å². The number of hydrogen-bond acceptors (Lipinski definition) is 3. The lowest BCUT2D eigenvalue weighted by atomic mass is 9.86. The van der Waals surface area contributed by atoms with E-state index in [-0.39, 0.29) is 22.6 Å². The first-order valence-electron chi connectivity index (χ1n) is 11.6. The normalized spacial score (nSPS) is 16.6. The fourth-order valence-electron chi connectivity index (χ4n) is 4.12. The number of nitrogens with zero attached hydrogens (tertiary/aromatic N) is 1. The fraction of sp³-hybridized carbons (Fsp3) is 0.500. The van der Waals surface area contributed by atoms with Crippen LogP contribution < -0.4 is 10.3 Å². The van der Waals surface area contributed by atoms with E-state index in [1.54, 1.807) is 32.2 Å². The van der Waals surface area contributed by atoms with Crippen molar-refractivity contribution in [1.82, 2.24) is 4.57 Å². The number of rotatable bonds is 6. The van der Waals surface area contributed by atoms with E-state index in [2.05, 4.69) is 33.9 Å². The molecule has 8 heteroatoms. The van der Waals surface area contributed by atoms with Crippen molar-refractivity contribution in [2.24, 2.45) is 5.41 Å². The molecule has 186 valence electrons. The van der Waals surface area contributed by atoms with Crippen LogP contribution in [0.1, 0.15) is 57.7 Å². The highest BCUT2D eigenvalue weighted by Crippen LogP contribution is 2.40. The minimum absolute atomic E-state index is 0.00928. The Morgan fingerprint density at radius 2 is 1.79 bits per heavy atom. The monoisotopic (exact) mass is 493 g/mol. The van der Waals surface area contributed by atoms with Crippen molar-refractivity contribution >= 4 is 14.7 Å². The third-order valence-electron chi connectivity index (χ3n) is 5.78. The molecule has 1 unspecified atom stereocenters. The minimum atomic E-state index is -4.49. The van der Waals surface area contributed by atoms with E-state index < -0.39 is 26.4 Å². The predicted octanol–water partition coefficient (Wildman–Crippen LogP) is 6.27. The van der Waals surface area contributed by atoms with Crippen molar-refractivity contribution in [2.45, 2.75) is 78.4 Å². The molecule has 0 N–H and O–H groups in total. The molecule has 3 rings (SSSR count). The Morgan fingerprint density at radius 1 is 1.12 bits per heavy atom. The van der Waals surface area contributed by atoms with Crippen molar-refractivity contribution in [3.63, 3.8) is 0 Å². The van der Waals surface area contributed by atoms with Crippen LogP contribution >= 0.6 is 0 Å². The van der Waals surface area contributed by atoms with Gasteiger partial charge in [-0.05, 0) is 81.1 Å². The van der Waals surface area contributed by atoms with Gasteiger partial charge < -0.3 is 9.16 Å². The number of halogens is 3. The maximum atomic E-state index is 13.3. The second kappa shape index (κ2) is 9.38. The second-order valence-electron chi connectivity index (χ2n) is 10.8. The molecule has 1 atom stereocenters. The highest BCUT2D eigenvalue weighted by Gasteiger charge is 2.34. The summed E-state index contributed by atoms with van der Waals surface area (Å²) in [5.41, 5.74) is -0.366. The molecule has 0 aliphatic carbocycles. The molecular weight excluding hydrogens is 459 g/mol. The van der Waals surface area contributed by atoms with E-state index >= 15 is 0 Å². The third kappa shape index (κ3) is 6.21. The summed E-state index contributed by atoms with van der Waals surface area (Å²) < 4.78 is 53.5. The van der Waals surface area contributed by atoms with Crippen molar-refractivity contribution in [3.05, 3.63) is 69.6 Å². The summed E-state index contributed by atoms with van der Waals surface area (Å²) in [5, 5.41) is 0. The maximum absolute atomic E-state index is 13.3. The van der Waals surface area contributed by atoms with Crippen LogP contribution in [0.4, 0.5) is 13.2 Å². The van der Waals surface area contributed by atoms with Crippen LogP contribution in [-0.2, 0) is 17.0 Å². The number of hydrogen-bond donors (Lipinski definition) is 0. The van der Waals surface area contributed by atoms with Gasteiger partial charge in [0.15, 0.2) is 9.04 Å². The summed E-state index contributed by atoms with van der Waals surface area (Å²) in [6.07, 6.45) is 0.396. The summed E-state index contributed by atoms with van der Waals surface area (Å²) >= 11 is 0. The summed E-state index contributed by atoms with van der Waals surface area (Å²) in [5.74, 6) is 0.314. The second-order valence-corrected chi connectivity index (χ2v) is 13.1. The van der Waals surface area contributed by atoms with Crippen molar-refractivity contribution in [2.75, 3.05) is 0 Å². The van der Waals surface area contributed by atoms with Crippen LogP contribution in [0.25, 0.3) is 5.70 Å². The van der Waals surface area contributed by atoms with Gasteiger partial charge in [0.25, 0.3) is 5.56 Å². The Labute approximate surface area is 201 Å².